The Bertz CT molecular complexity index is 386. The van der Waals surface area contributed by atoms with Crippen molar-refractivity contribution >= 4 is 11.9 Å². The Kier molecular flexibility index (Phi) is 3.48. The highest BCUT2D eigenvalue weighted by Gasteiger charge is 2.50. The van der Waals surface area contributed by atoms with Gasteiger partial charge in [-0.2, -0.15) is 0 Å². The molecular weight excluding hydrogens is 256 g/mol. The van der Waals surface area contributed by atoms with Crippen LogP contribution in [0.3, 0.4) is 0 Å². The van der Waals surface area contributed by atoms with Gasteiger partial charge in [-0.05, 0) is 56.3 Å². The molecule has 4 aliphatic carbocycles. The number of hydrogen-bond donors (Lipinski definition) is 3. The van der Waals surface area contributed by atoms with E-state index in [1.807, 2.05) is 0 Å². The molecule has 1 unspecified atom stereocenters. The fourth-order valence-corrected chi connectivity index (χ4v) is 5.09. The van der Waals surface area contributed by atoms with Gasteiger partial charge in [0.2, 0.25) is 5.91 Å². The molecule has 5 nitrogen and oxygen atoms in total. The van der Waals surface area contributed by atoms with Crippen molar-refractivity contribution in [2.24, 2.45) is 17.8 Å². The van der Waals surface area contributed by atoms with Gasteiger partial charge in [-0.15, -0.1) is 0 Å². The molecule has 112 valence electrons. The van der Waals surface area contributed by atoms with E-state index < -0.39 is 12.0 Å². The van der Waals surface area contributed by atoms with E-state index in [2.05, 4.69) is 10.6 Å². The SMILES string of the molecule is CC(=O)NC(CNC12CC3CC(CC(C3)C1)C2)C(=O)O. The molecule has 3 N–H and O–H groups in total. The molecule has 0 spiro atoms. The van der Waals surface area contributed by atoms with Crippen LogP contribution in [0.4, 0.5) is 0 Å². The Hall–Kier alpha value is -1.10. The number of nitrogens with one attached hydrogen (secondary N) is 2. The molecule has 0 saturated heterocycles. The van der Waals surface area contributed by atoms with Crippen LogP contribution in [-0.2, 0) is 9.59 Å². The molecule has 0 aromatic carbocycles. The second-order valence-electron chi connectivity index (χ2n) is 7.17. The number of carboxylic acid groups (broad SMARTS) is 1. The number of carboxylic acids is 1. The number of hydrogen-bond acceptors (Lipinski definition) is 3. The van der Waals surface area contributed by atoms with Gasteiger partial charge in [0.15, 0.2) is 0 Å². The summed E-state index contributed by atoms with van der Waals surface area (Å²) in [4.78, 5) is 22.3. The van der Waals surface area contributed by atoms with Gasteiger partial charge in [0, 0.05) is 19.0 Å². The molecule has 4 bridgehead atoms. The van der Waals surface area contributed by atoms with Gasteiger partial charge < -0.3 is 15.7 Å². The summed E-state index contributed by atoms with van der Waals surface area (Å²) in [7, 11) is 0. The molecule has 1 amide bonds. The van der Waals surface area contributed by atoms with Crippen LogP contribution in [0.1, 0.15) is 45.4 Å². The van der Waals surface area contributed by atoms with Crippen LogP contribution in [0, 0.1) is 17.8 Å². The summed E-state index contributed by atoms with van der Waals surface area (Å²) in [5, 5.41) is 15.2. The van der Waals surface area contributed by atoms with Crippen molar-refractivity contribution in [3.05, 3.63) is 0 Å². The highest BCUT2D eigenvalue weighted by molar-refractivity contribution is 5.82. The lowest BCUT2D eigenvalue weighted by Gasteiger charge is -2.57. The van der Waals surface area contributed by atoms with Crippen molar-refractivity contribution in [2.45, 2.75) is 57.0 Å². The van der Waals surface area contributed by atoms with Crippen LogP contribution >= 0.6 is 0 Å². The quantitative estimate of drug-likeness (QED) is 0.705. The first-order valence-electron chi connectivity index (χ1n) is 7.71. The minimum absolute atomic E-state index is 0.140. The van der Waals surface area contributed by atoms with Gasteiger partial charge in [0.05, 0.1) is 0 Å². The average Bonchev–Trinajstić information content (AvgIpc) is 2.32. The lowest BCUT2D eigenvalue weighted by molar-refractivity contribution is -0.141. The van der Waals surface area contributed by atoms with Crippen LogP contribution in [0.25, 0.3) is 0 Å². The first-order valence-corrected chi connectivity index (χ1v) is 7.71. The summed E-state index contributed by atoms with van der Waals surface area (Å²) in [5.41, 5.74) is 0.140. The molecule has 4 fully saturated rings. The molecule has 1 atom stereocenters. The third-order valence-corrected chi connectivity index (χ3v) is 5.40. The molecule has 20 heavy (non-hydrogen) atoms. The molecule has 0 heterocycles. The maximum absolute atomic E-state index is 11.2. The lowest BCUT2D eigenvalue weighted by Crippen LogP contribution is -2.61. The second-order valence-corrected chi connectivity index (χ2v) is 7.17. The molecule has 5 heteroatoms. The topological polar surface area (TPSA) is 78.4 Å². The molecule has 4 rings (SSSR count). The zero-order chi connectivity index (χ0) is 14.3. The number of rotatable bonds is 5. The largest absolute Gasteiger partial charge is 0.480 e. The summed E-state index contributed by atoms with van der Waals surface area (Å²) in [6.07, 6.45) is 7.67. The number of amides is 1. The van der Waals surface area contributed by atoms with Crippen molar-refractivity contribution in [3.8, 4) is 0 Å². The van der Waals surface area contributed by atoms with Crippen LogP contribution in [-0.4, -0.2) is 35.1 Å². The summed E-state index contributed by atoms with van der Waals surface area (Å²) in [5.74, 6) is 1.25. The van der Waals surface area contributed by atoms with Crippen molar-refractivity contribution < 1.29 is 14.7 Å². The summed E-state index contributed by atoms with van der Waals surface area (Å²) in [6, 6.07) is -0.819. The maximum atomic E-state index is 11.2. The summed E-state index contributed by atoms with van der Waals surface area (Å²) >= 11 is 0. The van der Waals surface area contributed by atoms with Crippen LogP contribution in [0.15, 0.2) is 0 Å². The minimum atomic E-state index is -0.961. The van der Waals surface area contributed by atoms with Crippen LogP contribution in [0.2, 0.25) is 0 Å². The highest BCUT2D eigenvalue weighted by atomic mass is 16.4. The predicted molar refractivity (Wildman–Crippen MR) is 74.1 cm³/mol. The summed E-state index contributed by atoms with van der Waals surface area (Å²) in [6.45, 7) is 1.70. The third-order valence-electron chi connectivity index (χ3n) is 5.40. The van der Waals surface area contributed by atoms with Gasteiger partial charge in [-0.1, -0.05) is 0 Å². The van der Waals surface area contributed by atoms with Gasteiger partial charge in [0.25, 0.3) is 0 Å². The number of carbonyl (C=O) groups is 2. The maximum Gasteiger partial charge on any atom is 0.327 e. The highest BCUT2D eigenvalue weighted by Crippen LogP contribution is 2.55. The Labute approximate surface area is 119 Å². The molecule has 0 radical (unpaired) electrons. The predicted octanol–water partition coefficient (Wildman–Crippen LogP) is 1.13. The molecule has 0 aromatic rings. The van der Waals surface area contributed by atoms with Crippen LogP contribution in [0.5, 0.6) is 0 Å². The van der Waals surface area contributed by atoms with E-state index in [0.717, 1.165) is 17.8 Å². The van der Waals surface area contributed by atoms with Crippen molar-refractivity contribution in [1.29, 1.82) is 0 Å². The Morgan fingerprint density at radius 1 is 1.15 bits per heavy atom. The smallest absolute Gasteiger partial charge is 0.327 e. The van der Waals surface area contributed by atoms with E-state index in [1.165, 1.54) is 45.4 Å². The van der Waals surface area contributed by atoms with Crippen LogP contribution < -0.4 is 10.6 Å². The monoisotopic (exact) mass is 280 g/mol. The van der Waals surface area contributed by atoms with E-state index in [9.17, 15) is 14.7 Å². The Morgan fingerprint density at radius 3 is 2.05 bits per heavy atom. The molecule has 4 saturated carbocycles. The number of carbonyl (C=O) groups excluding carboxylic acids is 1. The fourth-order valence-electron chi connectivity index (χ4n) is 5.09. The molecule has 0 aromatic heterocycles. The van der Waals surface area contributed by atoms with E-state index >= 15 is 0 Å². The minimum Gasteiger partial charge on any atom is -0.480 e. The van der Waals surface area contributed by atoms with Gasteiger partial charge in [0.1, 0.15) is 6.04 Å². The first-order chi connectivity index (χ1) is 9.46. The standard InChI is InChI=1S/C15H24N2O3/c1-9(18)17-13(14(19)20)8-16-15-5-10-2-11(6-15)4-12(3-10)7-15/h10-13,16H,2-8H2,1H3,(H,17,18)(H,19,20). The summed E-state index contributed by atoms with van der Waals surface area (Å²) < 4.78 is 0. The molecule has 4 aliphatic rings. The Morgan fingerprint density at radius 2 is 1.65 bits per heavy atom. The molecular formula is C15H24N2O3. The number of aliphatic carboxylic acids is 1. The first kappa shape index (κ1) is 13.9. The van der Waals surface area contributed by atoms with E-state index in [1.54, 1.807) is 0 Å². The van der Waals surface area contributed by atoms with Gasteiger partial charge in [-0.3, -0.25) is 4.79 Å². The van der Waals surface area contributed by atoms with E-state index in [0.29, 0.717) is 6.54 Å². The second kappa shape index (κ2) is 5.02. The molecule has 0 aliphatic heterocycles. The zero-order valence-corrected chi connectivity index (χ0v) is 12.0. The lowest BCUT2D eigenvalue weighted by atomic mass is 9.53. The Balaban J connectivity index is 1.62. The normalized spacial score (nSPS) is 39.5. The van der Waals surface area contributed by atoms with Gasteiger partial charge >= 0.3 is 5.97 Å². The average molecular weight is 280 g/mol. The van der Waals surface area contributed by atoms with Gasteiger partial charge in [-0.25, -0.2) is 4.79 Å². The zero-order valence-electron chi connectivity index (χ0n) is 12.0. The fraction of sp³-hybridized carbons (Fsp3) is 0.867. The third kappa shape index (κ3) is 2.68. The van der Waals surface area contributed by atoms with E-state index in [-0.39, 0.29) is 11.4 Å². The van der Waals surface area contributed by atoms with E-state index in [4.69, 9.17) is 0 Å². The van der Waals surface area contributed by atoms with Crippen molar-refractivity contribution in [2.75, 3.05) is 6.54 Å². The van der Waals surface area contributed by atoms with Crippen molar-refractivity contribution in [1.82, 2.24) is 10.6 Å². The van der Waals surface area contributed by atoms with Crippen molar-refractivity contribution in [3.63, 3.8) is 0 Å².